The summed E-state index contributed by atoms with van der Waals surface area (Å²) in [6.07, 6.45) is 3.00. The van der Waals surface area contributed by atoms with Gasteiger partial charge in [-0.3, -0.25) is 9.88 Å². The summed E-state index contributed by atoms with van der Waals surface area (Å²) < 4.78 is 0. The van der Waals surface area contributed by atoms with E-state index in [1.807, 2.05) is 18.3 Å². The van der Waals surface area contributed by atoms with Gasteiger partial charge in [-0.25, -0.2) is 0 Å². The van der Waals surface area contributed by atoms with Crippen LogP contribution >= 0.6 is 0 Å². The van der Waals surface area contributed by atoms with Gasteiger partial charge < -0.3 is 5.32 Å². The summed E-state index contributed by atoms with van der Waals surface area (Å²) in [4.78, 5) is 6.68. The predicted octanol–water partition coefficient (Wildman–Crippen LogP) is 2.68. The van der Waals surface area contributed by atoms with Crippen molar-refractivity contribution >= 4 is 5.69 Å². The molecule has 3 nitrogen and oxygen atoms in total. The molecule has 0 saturated heterocycles. The van der Waals surface area contributed by atoms with E-state index in [9.17, 15) is 0 Å². The maximum absolute atomic E-state index is 4.38. The van der Waals surface area contributed by atoms with E-state index in [1.165, 1.54) is 16.8 Å². The lowest BCUT2D eigenvalue weighted by atomic mass is 10.1. The first kappa shape index (κ1) is 12.2. The number of hydrogen-bond donors (Lipinski definition) is 1. The van der Waals surface area contributed by atoms with Gasteiger partial charge in [0.15, 0.2) is 0 Å². The van der Waals surface area contributed by atoms with Crippen LogP contribution < -0.4 is 5.32 Å². The van der Waals surface area contributed by atoms with Crippen molar-refractivity contribution in [2.24, 2.45) is 0 Å². The molecular weight excluding hydrogens is 234 g/mol. The predicted molar refractivity (Wildman–Crippen MR) is 78.0 cm³/mol. The van der Waals surface area contributed by atoms with Crippen LogP contribution in [0, 0.1) is 0 Å². The fourth-order valence-electron chi connectivity index (χ4n) is 2.66. The first-order chi connectivity index (χ1) is 9.33. The quantitative estimate of drug-likeness (QED) is 0.908. The van der Waals surface area contributed by atoms with E-state index in [0.717, 1.165) is 31.7 Å². The Morgan fingerprint density at radius 2 is 2.11 bits per heavy atom. The van der Waals surface area contributed by atoms with Gasteiger partial charge in [0.1, 0.15) is 0 Å². The maximum Gasteiger partial charge on any atom is 0.0543 e. The van der Waals surface area contributed by atoms with E-state index in [4.69, 9.17) is 0 Å². The van der Waals surface area contributed by atoms with Crippen LogP contribution in [0.4, 0.5) is 5.69 Å². The molecule has 1 aliphatic heterocycles. The second-order valence-corrected chi connectivity index (χ2v) is 5.12. The number of hydrogen-bond acceptors (Lipinski definition) is 3. The number of rotatable bonds is 4. The molecule has 1 aliphatic rings. The van der Waals surface area contributed by atoms with Crippen LogP contribution in [0.2, 0.25) is 0 Å². The fourth-order valence-corrected chi connectivity index (χ4v) is 2.66. The maximum atomic E-state index is 4.38. The van der Waals surface area contributed by atoms with Gasteiger partial charge in [0.05, 0.1) is 5.69 Å². The van der Waals surface area contributed by atoms with Crippen molar-refractivity contribution in [2.75, 3.05) is 18.9 Å². The Balaban J connectivity index is 1.70. The first-order valence-corrected chi connectivity index (χ1v) is 6.76. The van der Waals surface area contributed by atoms with Gasteiger partial charge in [0, 0.05) is 31.5 Å². The molecule has 98 valence electrons. The molecule has 1 aromatic heterocycles. The van der Waals surface area contributed by atoms with Crippen LogP contribution in [0.25, 0.3) is 0 Å². The van der Waals surface area contributed by atoms with Crippen molar-refractivity contribution < 1.29 is 0 Å². The van der Waals surface area contributed by atoms with Crippen molar-refractivity contribution in [3.63, 3.8) is 0 Å². The molecule has 0 unspecified atom stereocenters. The Morgan fingerprint density at radius 1 is 1.16 bits per heavy atom. The van der Waals surface area contributed by atoms with E-state index < -0.39 is 0 Å². The lowest BCUT2D eigenvalue weighted by molar-refractivity contribution is 0.315. The summed E-state index contributed by atoms with van der Waals surface area (Å²) in [6, 6.07) is 12.7. The molecule has 0 atom stereocenters. The molecular formula is C16H19N3. The topological polar surface area (TPSA) is 28.2 Å². The van der Waals surface area contributed by atoms with Gasteiger partial charge >= 0.3 is 0 Å². The average molecular weight is 253 g/mol. The largest absolute Gasteiger partial charge is 0.384 e. The Bertz CT molecular complexity index is 551. The van der Waals surface area contributed by atoms with Crippen LogP contribution in [0.1, 0.15) is 16.8 Å². The molecule has 0 amide bonds. The van der Waals surface area contributed by atoms with E-state index in [0.29, 0.717) is 0 Å². The monoisotopic (exact) mass is 253 g/mol. The number of aromatic nitrogens is 1. The number of anilines is 1. The summed E-state index contributed by atoms with van der Waals surface area (Å²) in [5.41, 5.74) is 5.29. The van der Waals surface area contributed by atoms with E-state index >= 15 is 0 Å². The minimum absolute atomic E-state index is 0.879. The van der Waals surface area contributed by atoms with Gasteiger partial charge in [0.25, 0.3) is 0 Å². The molecule has 0 spiro atoms. The van der Waals surface area contributed by atoms with Gasteiger partial charge in [-0.2, -0.15) is 0 Å². The van der Waals surface area contributed by atoms with Gasteiger partial charge in [-0.05, 0) is 36.7 Å². The second kappa shape index (κ2) is 5.41. The first-order valence-electron chi connectivity index (χ1n) is 6.76. The molecule has 3 heteroatoms. The van der Waals surface area contributed by atoms with E-state index in [1.54, 1.807) is 0 Å². The molecule has 19 heavy (non-hydrogen) atoms. The van der Waals surface area contributed by atoms with Crippen LogP contribution in [0.5, 0.6) is 0 Å². The third kappa shape index (κ3) is 2.76. The standard InChI is InChI=1S/C16H19N3/c1-19(12-15-7-2-3-9-17-15)11-14-6-4-5-13-8-10-18-16(13)14/h2-7,9,18H,8,10-12H2,1H3. The van der Waals surface area contributed by atoms with E-state index in [-0.39, 0.29) is 0 Å². The van der Waals surface area contributed by atoms with Crippen LogP contribution in [0.3, 0.4) is 0 Å². The summed E-state index contributed by atoms with van der Waals surface area (Å²) in [5, 5.41) is 3.50. The van der Waals surface area contributed by atoms with Crippen molar-refractivity contribution in [3.8, 4) is 0 Å². The molecule has 1 N–H and O–H groups in total. The lowest BCUT2D eigenvalue weighted by Gasteiger charge is -2.18. The highest BCUT2D eigenvalue weighted by atomic mass is 15.1. The molecule has 2 aromatic rings. The number of fused-ring (bicyclic) bond motifs is 1. The average Bonchev–Trinajstić information content (AvgIpc) is 2.89. The van der Waals surface area contributed by atoms with Crippen LogP contribution in [-0.2, 0) is 19.5 Å². The van der Waals surface area contributed by atoms with Crippen molar-refractivity contribution in [1.82, 2.24) is 9.88 Å². The minimum Gasteiger partial charge on any atom is -0.384 e. The molecule has 3 rings (SSSR count). The SMILES string of the molecule is CN(Cc1ccccn1)Cc1cccc2c1NCC2. The highest BCUT2D eigenvalue weighted by molar-refractivity contribution is 5.61. The molecule has 2 heterocycles. The third-order valence-corrected chi connectivity index (χ3v) is 3.53. The molecule has 0 aliphatic carbocycles. The smallest absolute Gasteiger partial charge is 0.0543 e. The van der Waals surface area contributed by atoms with Crippen molar-refractivity contribution in [1.29, 1.82) is 0 Å². The van der Waals surface area contributed by atoms with Gasteiger partial charge in [-0.15, -0.1) is 0 Å². The highest BCUT2D eigenvalue weighted by Crippen LogP contribution is 2.27. The summed E-state index contributed by atoms with van der Waals surface area (Å²) in [6.45, 7) is 2.90. The lowest BCUT2D eigenvalue weighted by Crippen LogP contribution is -2.18. The minimum atomic E-state index is 0.879. The number of nitrogens with zero attached hydrogens (tertiary/aromatic N) is 2. The summed E-state index contributed by atoms with van der Waals surface area (Å²) in [5.74, 6) is 0. The second-order valence-electron chi connectivity index (χ2n) is 5.12. The molecule has 1 aromatic carbocycles. The van der Waals surface area contributed by atoms with Crippen molar-refractivity contribution in [3.05, 3.63) is 59.4 Å². The summed E-state index contributed by atoms with van der Waals surface area (Å²) >= 11 is 0. The zero-order valence-corrected chi connectivity index (χ0v) is 11.3. The Kier molecular flexibility index (Phi) is 3.47. The Hall–Kier alpha value is -1.87. The summed E-state index contributed by atoms with van der Waals surface area (Å²) in [7, 11) is 2.14. The zero-order valence-electron chi connectivity index (χ0n) is 11.3. The van der Waals surface area contributed by atoms with Crippen molar-refractivity contribution in [2.45, 2.75) is 19.5 Å². The number of nitrogens with one attached hydrogen (secondary N) is 1. The third-order valence-electron chi connectivity index (χ3n) is 3.53. The molecule has 0 fully saturated rings. The van der Waals surface area contributed by atoms with Gasteiger partial charge in [-0.1, -0.05) is 24.3 Å². The zero-order chi connectivity index (χ0) is 13.1. The molecule has 0 bridgehead atoms. The van der Waals surface area contributed by atoms with E-state index in [2.05, 4.69) is 46.5 Å². The molecule has 0 radical (unpaired) electrons. The van der Waals surface area contributed by atoms with Crippen LogP contribution in [0.15, 0.2) is 42.6 Å². The number of para-hydroxylation sites is 1. The number of pyridine rings is 1. The highest BCUT2D eigenvalue weighted by Gasteiger charge is 2.14. The Morgan fingerprint density at radius 3 is 2.95 bits per heavy atom. The molecule has 0 saturated carbocycles. The van der Waals surface area contributed by atoms with Gasteiger partial charge in [0.2, 0.25) is 0 Å². The Labute approximate surface area is 114 Å². The fraction of sp³-hybridized carbons (Fsp3) is 0.312. The normalized spacial score (nSPS) is 13.4. The van der Waals surface area contributed by atoms with Crippen LogP contribution in [-0.4, -0.2) is 23.5 Å². The number of benzene rings is 1.